The molecule has 0 bridgehead atoms. The van der Waals surface area contributed by atoms with Gasteiger partial charge in [0.1, 0.15) is 0 Å². The van der Waals surface area contributed by atoms with E-state index in [1.807, 2.05) is 0 Å². The van der Waals surface area contributed by atoms with E-state index < -0.39 is 0 Å². The summed E-state index contributed by atoms with van der Waals surface area (Å²) >= 11 is 0. The van der Waals surface area contributed by atoms with Crippen LogP contribution >= 0.6 is 0 Å². The molecule has 19 heavy (non-hydrogen) atoms. The predicted molar refractivity (Wildman–Crippen MR) is 76.6 cm³/mol. The minimum absolute atomic E-state index is 0.0861. The lowest BCUT2D eigenvalue weighted by molar-refractivity contribution is -0.142. The lowest BCUT2D eigenvalue weighted by Gasteiger charge is -2.42. The summed E-state index contributed by atoms with van der Waals surface area (Å²) in [5, 5.41) is 0. The number of carbonyl (C=O) groups excluding carboxylic acids is 1. The van der Waals surface area contributed by atoms with Crippen molar-refractivity contribution in [3.63, 3.8) is 0 Å². The average molecular weight is 264 g/mol. The summed E-state index contributed by atoms with van der Waals surface area (Å²) in [5.74, 6) is 1.78. The van der Waals surface area contributed by atoms with Crippen molar-refractivity contribution in [1.82, 2.24) is 4.90 Å². The largest absolute Gasteiger partial charge is 0.339 e. The van der Waals surface area contributed by atoms with Crippen LogP contribution in [0, 0.1) is 17.8 Å². The van der Waals surface area contributed by atoms with Crippen LogP contribution in [0.25, 0.3) is 0 Å². The van der Waals surface area contributed by atoms with E-state index in [2.05, 4.69) is 11.8 Å². The summed E-state index contributed by atoms with van der Waals surface area (Å²) in [6.07, 6.45) is 9.79. The molecule has 1 aliphatic heterocycles. The van der Waals surface area contributed by atoms with E-state index in [0.29, 0.717) is 17.9 Å². The molecule has 3 rings (SSSR count). The van der Waals surface area contributed by atoms with Gasteiger partial charge in [-0.15, -0.1) is 0 Å². The van der Waals surface area contributed by atoms with Crippen LogP contribution < -0.4 is 5.73 Å². The van der Waals surface area contributed by atoms with Gasteiger partial charge in [0.15, 0.2) is 0 Å². The number of carbonyl (C=O) groups is 1. The minimum atomic E-state index is 0.0861. The fraction of sp³-hybridized carbons (Fsp3) is 0.938. The van der Waals surface area contributed by atoms with Crippen molar-refractivity contribution in [1.29, 1.82) is 0 Å². The van der Waals surface area contributed by atoms with Crippen LogP contribution in [0.4, 0.5) is 0 Å². The van der Waals surface area contributed by atoms with Crippen molar-refractivity contribution in [3.05, 3.63) is 0 Å². The fourth-order valence-electron chi connectivity index (χ4n) is 4.67. The van der Waals surface area contributed by atoms with Crippen LogP contribution in [0.1, 0.15) is 58.3 Å². The number of hydrogen-bond donors (Lipinski definition) is 1. The lowest BCUT2D eigenvalue weighted by Crippen LogP contribution is -2.54. The van der Waals surface area contributed by atoms with Crippen molar-refractivity contribution in [3.8, 4) is 0 Å². The van der Waals surface area contributed by atoms with Crippen LogP contribution in [0.15, 0.2) is 0 Å². The number of piperidine rings is 1. The maximum atomic E-state index is 12.9. The van der Waals surface area contributed by atoms with E-state index in [4.69, 9.17) is 5.73 Å². The smallest absolute Gasteiger partial charge is 0.227 e. The summed E-state index contributed by atoms with van der Waals surface area (Å²) in [7, 11) is 0. The van der Waals surface area contributed by atoms with Crippen molar-refractivity contribution in [2.75, 3.05) is 6.54 Å². The van der Waals surface area contributed by atoms with Gasteiger partial charge in [-0.3, -0.25) is 4.79 Å². The number of rotatable bonds is 1. The van der Waals surface area contributed by atoms with E-state index in [1.54, 1.807) is 0 Å². The standard InChI is InChI=1S/C16H28N2O/c1-11-5-2-8-13(15(11)17)16(19)18-10-4-7-12-6-3-9-14(12)18/h11-15H,2-10,17H2,1H3. The average Bonchev–Trinajstić information content (AvgIpc) is 2.89. The molecule has 1 saturated heterocycles. The summed E-state index contributed by atoms with van der Waals surface area (Å²) < 4.78 is 0. The maximum absolute atomic E-state index is 12.9. The molecule has 2 aliphatic carbocycles. The molecular weight excluding hydrogens is 236 g/mol. The Kier molecular flexibility index (Phi) is 3.84. The normalized spacial score (nSPS) is 43.1. The van der Waals surface area contributed by atoms with Crippen molar-refractivity contribution in [2.45, 2.75) is 70.4 Å². The molecule has 3 nitrogen and oxygen atoms in total. The molecule has 108 valence electrons. The molecule has 0 spiro atoms. The van der Waals surface area contributed by atoms with Gasteiger partial charge < -0.3 is 10.6 Å². The number of hydrogen-bond acceptors (Lipinski definition) is 2. The number of fused-ring (bicyclic) bond motifs is 1. The first-order valence-electron chi connectivity index (χ1n) is 8.24. The Morgan fingerprint density at radius 2 is 1.79 bits per heavy atom. The van der Waals surface area contributed by atoms with Gasteiger partial charge in [0.25, 0.3) is 0 Å². The highest BCUT2D eigenvalue weighted by Gasteiger charge is 2.42. The zero-order valence-electron chi connectivity index (χ0n) is 12.2. The first-order chi connectivity index (χ1) is 9.18. The molecule has 1 amide bonds. The SMILES string of the molecule is CC1CCCC(C(=O)N2CCCC3CCCC32)C1N. The molecule has 0 aromatic carbocycles. The summed E-state index contributed by atoms with van der Waals surface area (Å²) in [4.78, 5) is 15.1. The third kappa shape index (κ3) is 2.42. The molecule has 2 saturated carbocycles. The van der Waals surface area contributed by atoms with Crippen molar-refractivity contribution in [2.24, 2.45) is 23.5 Å². The Morgan fingerprint density at radius 1 is 1.05 bits per heavy atom. The van der Waals surface area contributed by atoms with Gasteiger partial charge >= 0.3 is 0 Å². The molecule has 3 heteroatoms. The predicted octanol–water partition coefficient (Wildman–Crippen LogP) is 2.54. The zero-order chi connectivity index (χ0) is 13.4. The van der Waals surface area contributed by atoms with Crippen molar-refractivity contribution < 1.29 is 4.79 Å². The maximum Gasteiger partial charge on any atom is 0.227 e. The summed E-state index contributed by atoms with van der Waals surface area (Å²) in [5.41, 5.74) is 6.32. The van der Waals surface area contributed by atoms with Crippen LogP contribution in [0.3, 0.4) is 0 Å². The number of amides is 1. The van der Waals surface area contributed by atoms with Gasteiger partial charge in [0.05, 0.1) is 5.92 Å². The fourth-order valence-corrected chi connectivity index (χ4v) is 4.67. The van der Waals surface area contributed by atoms with Crippen molar-refractivity contribution >= 4 is 5.91 Å². The van der Waals surface area contributed by atoms with E-state index in [1.165, 1.54) is 44.9 Å². The topological polar surface area (TPSA) is 46.3 Å². The zero-order valence-corrected chi connectivity index (χ0v) is 12.2. The van der Waals surface area contributed by atoms with Crippen LogP contribution in [-0.4, -0.2) is 29.4 Å². The molecular formula is C16H28N2O. The second-order valence-corrected chi connectivity index (χ2v) is 7.02. The minimum Gasteiger partial charge on any atom is -0.339 e. The quantitative estimate of drug-likeness (QED) is 0.791. The lowest BCUT2D eigenvalue weighted by atomic mass is 9.77. The molecule has 0 radical (unpaired) electrons. The Labute approximate surface area is 116 Å². The summed E-state index contributed by atoms with van der Waals surface area (Å²) in [6, 6.07) is 0.633. The second-order valence-electron chi connectivity index (χ2n) is 7.02. The molecule has 5 atom stereocenters. The van der Waals surface area contributed by atoms with Crippen LogP contribution in [0.5, 0.6) is 0 Å². The van der Waals surface area contributed by atoms with Gasteiger partial charge in [0.2, 0.25) is 5.91 Å². The van der Waals surface area contributed by atoms with Crippen LogP contribution in [-0.2, 0) is 4.79 Å². The van der Waals surface area contributed by atoms with Gasteiger partial charge in [-0.25, -0.2) is 0 Å². The monoisotopic (exact) mass is 264 g/mol. The highest BCUT2D eigenvalue weighted by Crippen LogP contribution is 2.39. The van der Waals surface area contributed by atoms with E-state index >= 15 is 0 Å². The molecule has 1 heterocycles. The summed E-state index contributed by atoms with van der Waals surface area (Å²) in [6.45, 7) is 3.19. The van der Waals surface area contributed by atoms with Gasteiger partial charge in [-0.2, -0.15) is 0 Å². The second kappa shape index (κ2) is 5.43. The Morgan fingerprint density at radius 3 is 2.63 bits per heavy atom. The molecule has 3 fully saturated rings. The van der Waals surface area contributed by atoms with E-state index in [9.17, 15) is 4.79 Å². The number of nitrogens with zero attached hydrogens (tertiary/aromatic N) is 1. The number of nitrogens with two attached hydrogens (primary N) is 1. The van der Waals surface area contributed by atoms with Gasteiger partial charge in [-0.05, 0) is 50.4 Å². The van der Waals surface area contributed by atoms with Gasteiger partial charge in [0, 0.05) is 18.6 Å². The Balaban J connectivity index is 1.72. The molecule has 2 N–H and O–H groups in total. The van der Waals surface area contributed by atoms with E-state index in [0.717, 1.165) is 18.9 Å². The Bertz CT molecular complexity index is 344. The molecule has 3 aliphatic rings. The third-order valence-electron chi connectivity index (χ3n) is 5.89. The molecule has 5 unspecified atom stereocenters. The van der Waals surface area contributed by atoms with E-state index in [-0.39, 0.29) is 12.0 Å². The molecule has 0 aromatic rings. The molecule has 0 aromatic heterocycles. The van der Waals surface area contributed by atoms with Crippen LogP contribution in [0.2, 0.25) is 0 Å². The van der Waals surface area contributed by atoms with Gasteiger partial charge in [-0.1, -0.05) is 19.8 Å². The first kappa shape index (κ1) is 13.4. The first-order valence-corrected chi connectivity index (χ1v) is 8.24. The third-order valence-corrected chi connectivity index (χ3v) is 5.89. The Hall–Kier alpha value is -0.570. The highest BCUT2D eigenvalue weighted by molar-refractivity contribution is 5.80. The number of likely N-dealkylation sites (tertiary alicyclic amines) is 1. The highest BCUT2D eigenvalue weighted by atomic mass is 16.2.